The van der Waals surface area contributed by atoms with Crippen LogP contribution in [0.3, 0.4) is 0 Å². The minimum Gasteiger partial charge on any atom is -0.324 e. The number of rotatable bonds is 4. The highest BCUT2D eigenvalue weighted by molar-refractivity contribution is 9.10. The topological polar surface area (TPSA) is 26.0 Å². The fourth-order valence-corrected chi connectivity index (χ4v) is 2.23. The predicted octanol–water partition coefficient (Wildman–Crippen LogP) is 4.07. The van der Waals surface area contributed by atoms with Crippen LogP contribution in [0.4, 0.5) is 0 Å². The van der Waals surface area contributed by atoms with Crippen molar-refractivity contribution in [1.82, 2.24) is 0 Å². The Hall–Kier alpha value is -0.310. The number of allylic oxidation sites excluding steroid dienone is 1. The van der Waals surface area contributed by atoms with E-state index in [9.17, 15) is 0 Å². The van der Waals surface area contributed by atoms with Crippen molar-refractivity contribution in [2.24, 2.45) is 5.73 Å². The molecule has 1 rings (SSSR count). The van der Waals surface area contributed by atoms with Gasteiger partial charge >= 0.3 is 0 Å². The summed E-state index contributed by atoms with van der Waals surface area (Å²) in [7, 11) is 0. The molecule has 2 N–H and O–H groups in total. The van der Waals surface area contributed by atoms with Crippen molar-refractivity contribution in [3.8, 4) is 0 Å². The summed E-state index contributed by atoms with van der Waals surface area (Å²) in [6, 6.07) is 5.72. The van der Waals surface area contributed by atoms with Crippen molar-refractivity contribution in [2.45, 2.75) is 18.9 Å². The quantitative estimate of drug-likeness (QED) is 0.823. The summed E-state index contributed by atoms with van der Waals surface area (Å²) in [5.74, 6) is 0. The van der Waals surface area contributed by atoms with Crippen LogP contribution in [0.1, 0.15) is 24.4 Å². The average molecular weight is 275 g/mol. The maximum atomic E-state index is 6.01. The summed E-state index contributed by atoms with van der Waals surface area (Å²) in [5, 5.41) is 0.719. The highest BCUT2D eigenvalue weighted by atomic mass is 79.9. The molecule has 0 fully saturated rings. The molecule has 0 saturated carbocycles. The summed E-state index contributed by atoms with van der Waals surface area (Å²) >= 11 is 9.29. The first kappa shape index (κ1) is 11.8. The smallest absolute Gasteiger partial charge is 0.0417 e. The molecule has 0 amide bonds. The molecule has 0 aliphatic carbocycles. The molecule has 0 saturated heterocycles. The Morgan fingerprint density at radius 3 is 2.86 bits per heavy atom. The molecule has 14 heavy (non-hydrogen) atoms. The fraction of sp³-hybridized carbons (Fsp3) is 0.273. The molecule has 0 unspecified atom stereocenters. The van der Waals surface area contributed by atoms with Crippen LogP contribution in [0.5, 0.6) is 0 Å². The second-order valence-corrected chi connectivity index (χ2v) is 4.43. The summed E-state index contributed by atoms with van der Waals surface area (Å²) in [4.78, 5) is 0. The van der Waals surface area contributed by atoms with Gasteiger partial charge in [0.05, 0.1) is 0 Å². The molecule has 0 heterocycles. The number of benzene rings is 1. The molecule has 76 valence electrons. The zero-order chi connectivity index (χ0) is 10.6. The van der Waals surface area contributed by atoms with E-state index in [2.05, 4.69) is 22.5 Å². The van der Waals surface area contributed by atoms with Crippen molar-refractivity contribution in [2.75, 3.05) is 0 Å². The number of hydrogen-bond donors (Lipinski definition) is 1. The summed E-state index contributed by atoms with van der Waals surface area (Å²) in [6.07, 6.45) is 3.71. The molecule has 0 aliphatic rings. The maximum absolute atomic E-state index is 6.01. The first-order chi connectivity index (χ1) is 6.65. The summed E-state index contributed by atoms with van der Waals surface area (Å²) < 4.78 is 0.974. The van der Waals surface area contributed by atoms with E-state index in [1.54, 1.807) is 0 Å². The Bertz CT molecular complexity index is 325. The van der Waals surface area contributed by atoms with E-state index in [0.29, 0.717) is 0 Å². The molecule has 0 radical (unpaired) electrons. The molecular weight excluding hydrogens is 261 g/mol. The van der Waals surface area contributed by atoms with Gasteiger partial charge in [-0.1, -0.05) is 39.7 Å². The van der Waals surface area contributed by atoms with Gasteiger partial charge in [0, 0.05) is 15.5 Å². The Balaban J connectivity index is 2.78. The van der Waals surface area contributed by atoms with Crippen molar-refractivity contribution >= 4 is 27.5 Å². The normalized spacial score (nSPS) is 12.5. The van der Waals surface area contributed by atoms with Crippen LogP contribution >= 0.6 is 27.5 Å². The van der Waals surface area contributed by atoms with Gasteiger partial charge in [0.2, 0.25) is 0 Å². The first-order valence-corrected chi connectivity index (χ1v) is 5.63. The van der Waals surface area contributed by atoms with Crippen LogP contribution in [0.25, 0.3) is 0 Å². The Labute approximate surface area is 98.1 Å². The molecule has 0 bridgehead atoms. The van der Waals surface area contributed by atoms with E-state index in [4.69, 9.17) is 17.3 Å². The highest BCUT2D eigenvalue weighted by Crippen LogP contribution is 2.27. The van der Waals surface area contributed by atoms with Crippen LogP contribution < -0.4 is 5.73 Å². The third kappa shape index (κ3) is 3.12. The maximum Gasteiger partial charge on any atom is 0.0417 e. The van der Waals surface area contributed by atoms with Crippen molar-refractivity contribution in [3.05, 3.63) is 45.9 Å². The van der Waals surface area contributed by atoms with Crippen molar-refractivity contribution in [1.29, 1.82) is 0 Å². The minimum absolute atomic E-state index is 0.0413. The van der Waals surface area contributed by atoms with E-state index in [-0.39, 0.29) is 6.04 Å². The number of halogens is 2. The lowest BCUT2D eigenvalue weighted by molar-refractivity contribution is 0.659. The SMILES string of the molecule is C=CCC[C@@H](N)c1ccc(Cl)cc1Br. The highest BCUT2D eigenvalue weighted by Gasteiger charge is 2.08. The van der Waals surface area contributed by atoms with E-state index in [1.807, 2.05) is 24.3 Å². The van der Waals surface area contributed by atoms with Gasteiger partial charge in [0.1, 0.15) is 0 Å². The van der Waals surface area contributed by atoms with E-state index < -0.39 is 0 Å². The largest absolute Gasteiger partial charge is 0.324 e. The zero-order valence-electron chi connectivity index (χ0n) is 7.84. The monoisotopic (exact) mass is 273 g/mol. The predicted molar refractivity (Wildman–Crippen MR) is 65.5 cm³/mol. The third-order valence-corrected chi connectivity index (χ3v) is 2.97. The van der Waals surface area contributed by atoms with Crippen LogP contribution in [-0.4, -0.2) is 0 Å². The molecule has 0 aliphatic heterocycles. The molecule has 3 heteroatoms. The number of hydrogen-bond acceptors (Lipinski definition) is 1. The van der Waals surface area contributed by atoms with Crippen LogP contribution in [0.15, 0.2) is 35.3 Å². The Morgan fingerprint density at radius 1 is 1.57 bits per heavy atom. The lowest BCUT2D eigenvalue weighted by Gasteiger charge is -2.12. The third-order valence-electron chi connectivity index (χ3n) is 2.04. The van der Waals surface area contributed by atoms with E-state index in [0.717, 1.165) is 27.9 Å². The standard InChI is InChI=1S/C11H13BrClN/c1-2-3-4-11(14)9-6-5-8(13)7-10(9)12/h2,5-7,11H,1,3-4,14H2/t11-/m1/s1. The second-order valence-electron chi connectivity index (χ2n) is 3.14. The van der Waals surface area contributed by atoms with Crippen molar-refractivity contribution < 1.29 is 0 Å². The fourth-order valence-electron chi connectivity index (χ4n) is 1.26. The Kier molecular flexibility index (Phi) is 4.66. The van der Waals surface area contributed by atoms with Gasteiger partial charge in [-0.25, -0.2) is 0 Å². The number of nitrogens with two attached hydrogens (primary N) is 1. The first-order valence-electron chi connectivity index (χ1n) is 4.46. The van der Waals surface area contributed by atoms with Crippen LogP contribution in [-0.2, 0) is 0 Å². The van der Waals surface area contributed by atoms with Gasteiger partial charge in [-0.3, -0.25) is 0 Å². The molecule has 1 aromatic carbocycles. The van der Waals surface area contributed by atoms with Gasteiger partial charge in [-0.15, -0.1) is 6.58 Å². The van der Waals surface area contributed by atoms with E-state index in [1.165, 1.54) is 0 Å². The van der Waals surface area contributed by atoms with Gasteiger partial charge in [0.25, 0.3) is 0 Å². The van der Waals surface area contributed by atoms with Gasteiger partial charge in [-0.05, 0) is 30.5 Å². The van der Waals surface area contributed by atoms with E-state index >= 15 is 0 Å². The molecule has 0 aromatic heterocycles. The minimum atomic E-state index is 0.0413. The lowest BCUT2D eigenvalue weighted by atomic mass is 10.0. The van der Waals surface area contributed by atoms with Crippen LogP contribution in [0.2, 0.25) is 5.02 Å². The molecule has 0 spiro atoms. The lowest BCUT2D eigenvalue weighted by Crippen LogP contribution is -2.10. The van der Waals surface area contributed by atoms with Crippen LogP contribution in [0, 0.1) is 0 Å². The zero-order valence-corrected chi connectivity index (χ0v) is 10.2. The molecule has 1 nitrogen and oxygen atoms in total. The molecule has 1 aromatic rings. The molecule has 1 atom stereocenters. The second kappa shape index (κ2) is 5.54. The molecular formula is C11H13BrClN. The van der Waals surface area contributed by atoms with Gasteiger partial charge < -0.3 is 5.73 Å². The Morgan fingerprint density at radius 2 is 2.29 bits per heavy atom. The summed E-state index contributed by atoms with van der Waals surface area (Å²) in [5.41, 5.74) is 7.10. The van der Waals surface area contributed by atoms with Gasteiger partial charge in [0.15, 0.2) is 0 Å². The van der Waals surface area contributed by atoms with Gasteiger partial charge in [-0.2, -0.15) is 0 Å². The van der Waals surface area contributed by atoms with Crippen molar-refractivity contribution in [3.63, 3.8) is 0 Å². The average Bonchev–Trinajstić information content (AvgIpc) is 2.14. The summed E-state index contributed by atoms with van der Waals surface area (Å²) in [6.45, 7) is 3.67.